The van der Waals surface area contributed by atoms with Crippen LogP contribution in [0, 0.1) is 0 Å². The minimum Gasteiger partial charge on any atom is -0.376 e. The van der Waals surface area contributed by atoms with Crippen LogP contribution in [0.15, 0.2) is 0 Å². The van der Waals surface area contributed by atoms with E-state index in [2.05, 4.69) is 24.1 Å². The number of unbranched alkanes of at least 4 members (excludes halogenated alkanes) is 2. The first-order chi connectivity index (χ1) is 7.83. The molecule has 3 nitrogen and oxygen atoms in total. The second kappa shape index (κ2) is 8.97. The van der Waals surface area contributed by atoms with Gasteiger partial charge in [-0.05, 0) is 45.8 Å². The normalized spacial score (nSPS) is 22.5. The molecule has 1 fully saturated rings. The summed E-state index contributed by atoms with van der Waals surface area (Å²) in [5.41, 5.74) is 0. The van der Waals surface area contributed by atoms with Gasteiger partial charge in [0.25, 0.3) is 0 Å². The molecule has 0 aromatic rings. The molecule has 1 atom stereocenters. The Labute approximate surface area is 101 Å². The van der Waals surface area contributed by atoms with Crippen LogP contribution in [0.2, 0.25) is 0 Å². The van der Waals surface area contributed by atoms with Gasteiger partial charge in [-0.25, -0.2) is 0 Å². The van der Waals surface area contributed by atoms with E-state index in [1.54, 1.807) is 0 Å². The molecule has 1 rings (SSSR count). The maximum atomic E-state index is 5.53. The predicted molar refractivity (Wildman–Crippen MR) is 68.9 cm³/mol. The van der Waals surface area contributed by atoms with Crippen molar-refractivity contribution in [3.8, 4) is 0 Å². The predicted octanol–water partition coefficient (Wildman–Crippen LogP) is 1.88. The minimum atomic E-state index is 0.431. The van der Waals surface area contributed by atoms with Gasteiger partial charge in [0.15, 0.2) is 0 Å². The fourth-order valence-corrected chi connectivity index (χ4v) is 2.16. The second-order valence-electron chi connectivity index (χ2n) is 4.79. The summed E-state index contributed by atoms with van der Waals surface area (Å²) >= 11 is 0. The summed E-state index contributed by atoms with van der Waals surface area (Å²) in [5.74, 6) is 0. The maximum absolute atomic E-state index is 5.53. The largest absolute Gasteiger partial charge is 0.376 e. The quantitative estimate of drug-likeness (QED) is 0.642. The van der Waals surface area contributed by atoms with Gasteiger partial charge in [-0.2, -0.15) is 0 Å². The summed E-state index contributed by atoms with van der Waals surface area (Å²) in [6, 6.07) is 0. The van der Waals surface area contributed by atoms with E-state index in [-0.39, 0.29) is 0 Å². The molecule has 1 heterocycles. The molecule has 0 aromatic heterocycles. The first kappa shape index (κ1) is 13.9. The lowest BCUT2D eigenvalue weighted by Gasteiger charge is -2.30. The van der Waals surface area contributed by atoms with E-state index in [1.165, 1.54) is 45.3 Å². The van der Waals surface area contributed by atoms with E-state index >= 15 is 0 Å². The van der Waals surface area contributed by atoms with Crippen LogP contribution < -0.4 is 5.32 Å². The highest BCUT2D eigenvalue weighted by Gasteiger charge is 2.15. The summed E-state index contributed by atoms with van der Waals surface area (Å²) in [6.45, 7) is 11.1. The topological polar surface area (TPSA) is 24.5 Å². The molecule has 0 amide bonds. The zero-order chi connectivity index (χ0) is 11.6. The number of nitrogens with zero attached hydrogens (tertiary/aromatic N) is 1. The molecule has 1 unspecified atom stereocenters. The van der Waals surface area contributed by atoms with Gasteiger partial charge in [-0.1, -0.05) is 13.3 Å². The molecule has 0 bridgehead atoms. The zero-order valence-corrected chi connectivity index (χ0v) is 11.0. The van der Waals surface area contributed by atoms with Crippen LogP contribution in [-0.2, 0) is 4.74 Å². The number of rotatable bonds is 8. The SMILES string of the molecule is CCCNCCCCCN1CCOC(C)C1. The number of hydrogen-bond donors (Lipinski definition) is 1. The van der Waals surface area contributed by atoms with E-state index in [9.17, 15) is 0 Å². The Kier molecular flexibility index (Phi) is 7.81. The second-order valence-corrected chi connectivity index (χ2v) is 4.79. The lowest BCUT2D eigenvalue weighted by molar-refractivity contribution is -0.0186. The summed E-state index contributed by atoms with van der Waals surface area (Å²) in [7, 11) is 0. The van der Waals surface area contributed by atoms with Gasteiger partial charge in [0.2, 0.25) is 0 Å². The average Bonchev–Trinajstić information content (AvgIpc) is 2.28. The number of ether oxygens (including phenoxy) is 1. The van der Waals surface area contributed by atoms with Crippen LogP contribution >= 0.6 is 0 Å². The first-order valence-corrected chi connectivity index (χ1v) is 6.87. The Morgan fingerprint density at radius 3 is 2.88 bits per heavy atom. The number of nitrogens with one attached hydrogen (secondary N) is 1. The monoisotopic (exact) mass is 228 g/mol. The van der Waals surface area contributed by atoms with Gasteiger partial charge in [-0.15, -0.1) is 0 Å². The van der Waals surface area contributed by atoms with Gasteiger partial charge < -0.3 is 10.1 Å². The third kappa shape index (κ3) is 6.46. The van der Waals surface area contributed by atoms with E-state index in [0.717, 1.165) is 19.7 Å². The Bertz CT molecular complexity index is 164. The van der Waals surface area contributed by atoms with Crippen molar-refractivity contribution in [2.45, 2.75) is 45.6 Å². The van der Waals surface area contributed by atoms with Gasteiger partial charge in [0, 0.05) is 13.1 Å². The van der Waals surface area contributed by atoms with Crippen molar-refractivity contribution < 1.29 is 4.74 Å². The highest BCUT2D eigenvalue weighted by molar-refractivity contribution is 4.67. The van der Waals surface area contributed by atoms with Crippen molar-refractivity contribution in [2.75, 3.05) is 39.3 Å². The van der Waals surface area contributed by atoms with E-state index in [4.69, 9.17) is 4.74 Å². The Morgan fingerprint density at radius 2 is 2.12 bits per heavy atom. The standard InChI is InChI=1S/C13H28N2O/c1-3-7-14-8-5-4-6-9-15-10-11-16-13(2)12-15/h13-14H,3-12H2,1-2H3. The van der Waals surface area contributed by atoms with E-state index in [0.29, 0.717) is 6.10 Å². The summed E-state index contributed by atoms with van der Waals surface area (Å²) in [5, 5.41) is 3.45. The van der Waals surface area contributed by atoms with Crippen molar-refractivity contribution in [2.24, 2.45) is 0 Å². The van der Waals surface area contributed by atoms with Crippen LogP contribution in [0.3, 0.4) is 0 Å². The molecular formula is C13H28N2O. The minimum absolute atomic E-state index is 0.431. The molecule has 0 aliphatic carbocycles. The zero-order valence-electron chi connectivity index (χ0n) is 11.0. The number of hydrogen-bond acceptors (Lipinski definition) is 3. The third-order valence-corrected chi connectivity index (χ3v) is 3.08. The Morgan fingerprint density at radius 1 is 1.25 bits per heavy atom. The molecule has 16 heavy (non-hydrogen) atoms. The Hall–Kier alpha value is -0.120. The first-order valence-electron chi connectivity index (χ1n) is 6.87. The van der Waals surface area contributed by atoms with Gasteiger partial charge in [-0.3, -0.25) is 4.90 Å². The molecule has 0 radical (unpaired) electrons. The molecular weight excluding hydrogens is 200 g/mol. The van der Waals surface area contributed by atoms with Crippen molar-refractivity contribution >= 4 is 0 Å². The lowest BCUT2D eigenvalue weighted by atomic mass is 10.2. The van der Waals surface area contributed by atoms with Gasteiger partial charge >= 0.3 is 0 Å². The molecule has 1 aliphatic heterocycles. The van der Waals surface area contributed by atoms with Crippen molar-refractivity contribution in [1.82, 2.24) is 10.2 Å². The lowest BCUT2D eigenvalue weighted by Crippen LogP contribution is -2.41. The molecule has 96 valence electrons. The third-order valence-electron chi connectivity index (χ3n) is 3.08. The van der Waals surface area contributed by atoms with Gasteiger partial charge in [0.1, 0.15) is 0 Å². The molecule has 1 saturated heterocycles. The fraction of sp³-hybridized carbons (Fsp3) is 1.00. The van der Waals surface area contributed by atoms with Crippen LogP contribution in [0.1, 0.15) is 39.5 Å². The molecule has 1 N–H and O–H groups in total. The molecule has 1 aliphatic rings. The van der Waals surface area contributed by atoms with Crippen molar-refractivity contribution in [1.29, 1.82) is 0 Å². The highest BCUT2D eigenvalue weighted by Crippen LogP contribution is 2.06. The smallest absolute Gasteiger partial charge is 0.0674 e. The van der Waals surface area contributed by atoms with Gasteiger partial charge in [0.05, 0.1) is 12.7 Å². The molecule has 0 spiro atoms. The van der Waals surface area contributed by atoms with Crippen LogP contribution in [0.4, 0.5) is 0 Å². The molecule has 3 heteroatoms. The van der Waals surface area contributed by atoms with E-state index < -0.39 is 0 Å². The van der Waals surface area contributed by atoms with Crippen LogP contribution in [-0.4, -0.2) is 50.3 Å². The Balaban J connectivity index is 1.86. The van der Waals surface area contributed by atoms with Crippen LogP contribution in [0.25, 0.3) is 0 Å². The average molecular weight is 228 g/mol. The van der Waals surface area contributed by atoms with Crippen molar-refractivity contribution in [3.63, 3.8) is 0 Å². The number of morpholine rings is 1. The fourth-order valence-electron chi connectivity index (χ4n) is 2.16. The summed E-state index contributed by atoms with van der Waals surface area (Å²) in [4.78, 5) is 2.54. The molecule has 0 aromatic carbocycles. The van der Waals surface area contributed by atoms with Crippen LogP contribution in [0.5, 0.6) is 0 Å². The van der Waals surface area contributed by atoms with E-state index in [1.807, 2.05) is 0 Å². The van der Waals surface area contributed by atoms with Crippen molar-refractivity contribution in [3.05, 3.63) is 0 Å². The molecule has 0 saturated carbocycles. The highest BCUT2D eigenvalue weighted by atomic mass is 16.5. The summed E-state index contributed by atoms with van der Waals surface area (Å²) in [6.07, 6.45) is 5.68. The summed E-state index contributed by atoms with van der Waals surface area (Å²) < 4.78 is 5.53. The maximum Gasteiger partial charge on any atom is 0.0674 e.